The highest BCUT2D eigenvalue weighted by atomic mass is 16.5. The smallest absolute Gasteiger partial charge is 0.262 e. The van der Waals surface area contributed by atoms with Crippen molar-refractivity contribution in [1.29, 1.82) is 0 Å². The highest BCUT2D eigenvalue weighted by molar-refractivity contribution is 5.97. The largest absolute Gasteiger partial charge is 0.483 e. The van der Waals surface area contributed by atoms with E-state index in [-0.39, 0.29) is 23.7 Å². The molecule has 0 aliphatic rings. The number of aryl methyl sites for hydroxylation is 1. The molecule has 0 radical (unpaired) electrons. The Hall–Kier alpha value is -2.62. The Balaban J connectivity index is 2.07. The number of Topliss-reactive ketones (excluding diaryl/α,β-unsaturated/α-hetero) is 1. The van der Waals surface area contributed by atoms with E-state index in [1.54, 1.807) is 24.3 Å². The standard InChI is InChI=1S/C21H25NO3/c1-14-9-10-18(21(3,4)5)19(11-14)25-13-20(24)22-17-8-6-7-16(12-17)15(2)23/h6-12H,13H2,1-5H3,(H,22,24). The predicted octanol–water partition coefficient (Wildman–Crippen LogP) is 4.51. The first-order valence-electron chi connectivity index (χ1n) is 8.31. The summed E-state index contributed by atoms with van der Waals surface area (Å²) >= 11 is 0. The maximum atomic E-state index is 12.2. The van der Waals surface area contributed by atoms with E-state index in [4.69, 9.17) is 4.74 Å². The summed E-state index contributed by atoms with van der Waals surface area (Å²) in [6.07, 6.45) is 0. The average molecular weight is 339 g/mol. The minimum absolute atomic E-state index is 0.0399. The maximum Gasteiger partial charge on any atom is 0.262 e. The zero-order valence-electron chi connectivity index (χ0n) is 15.5. The second-order valence-corrected chi connectivity index (χ2v) is 7.22. The molecule has 0 saturated heterocycles. The monoisotopic (exact) mass is 339 g/mol. The number of carbonyl (C=O) groups is 2. The summed E-state index contributed by atoms with van der Waals surface area (Å²) in [6.45, 7) is 9.73. The van der Waals surface area contributed by atoms with Crippen molar-refractivity contribution in [2.75, 3.05) is 11.9 Å². The third-order valence-electron chi connectivity index (χ3n) is 3.86. The van der Waals surface area contributed by atoms with Crippen LogP contribution in [0.3, 0.4) is 0 Å². The molecular weight excluding hydrogens is 314 g/mol. The summed E-state index contributed by atoms with van der Waals surface area (Å²) in [4.78, 5) is 23.6. The Labute approximate surface area is 149 Å². The van der Waals surface area contributed by atoms with Crippen LogP contribution in [0.25, 0.3) is 0 Å². The topological polar surface area (TPSA) is 55.4 Å². The van der Waals surface area contributed by atoms with E-state index in [2.05, 4.69) is 26.1 Å². The third-order valence-corrected chi connectivity index (χ3v) is 3.86. The molecule has 0 fully saturated rings. The highest BCUT2D eigenvalue weighted by Gasteiger charge is 2.19. The molecule has 4 nitrogen and oxygen atoms in total. The number of ether oxygens (including phenoxy) is 1. The van der Waals surface area contributed by atoms with Gasteiger partial charge in [-0.3, -0.25) is 9.59 Å². The summed E-state index contributed by atoms with van der Waals surface area (Å²) in [5, 5.41) is 2.76. The molecule has 0 unspecified atom stereocenters. The average Bonchev–Trinajstić information content (AvgIpc) is 2.52. The van der Waals surface area contributed by atoms with Crippen LogP contribution in [-0.4, -0.2) is 18.3 Å². The van der Waals surface area contributed by atoms with Gasteiger partial charge in [-0.05, 0) is 48.6 Å². The van der Waals surface area contributed by atoms with Crippen molar-refractivity contribution in [3.05, 3.63) is 59.2 Å². The second-order valence-electron chi connectivity index (χ2n) is 7.22. The van der Waals surface area contributed by atoms with Crippen molar-refractivity contribution in [2.24, 2.45) is 0 Å². The van der Waals surface area contributed by atoms with E-state index in [1.807, 2.05) is 25.1 Å². The van der Waals surface area contributed by atoms with Crippen molar-refractivity contribution in [1.82, 2.24) is 0 Å². The van der Waals surface area contributed by atoms with Gasteiger partial charge < -0.3 is 10.1 Å². The van der Waals surface area contributed by atoms with Crippen molar-refractivity contribution < 1.29 is 14.3 Å². The van der Waals surface area contributed by atoms with Gasteiger partial charge >= 0.3 is 0 Å². The fourth-order valence-corrected chi connectivity index (χ4v) is 2.52. The van der Waals surface area contributed by atoms with Gasteiger partial charge in [-0.25, -0.2) is 0 Å². The van der Waals surface area contributed by atoms with Crippen LogP contribution in [0.1, 0.15) is 49.2 Å². The quantitative estimate of drug-likeness (QED) is 0.815. The lowest BCUT2D eigenvalue weighted by Crippen LogP contribution is -2.22. The molecule has 0 aliphatic heterocycles. The second kappa shape index (κ2) is 7.51. The molecule has 2 rings (SSSR count). The Bertz CT molecular complexity index is 788. The number of hydrogen-bond acceptors (Lipinski definition) is 3. The van der Waals surface area contributed by atoms with Crippen LogP contribution in [0.5, 0.6) is 5.75 Å². The molecule has 0 saturated carbocycles. The molecule has 0 aromatic heterocycles. The minimum Gasteiger partial charge on any atom is -0.483 e. The molecule has 25 heavy (non-hydrogen) atoms. The van der Waals surface area contributed by atoms with E-state index >= 15 is 0 Å². The molecule has 4 heteroatoms. The normalized spacial score (nSPS) is 11.1. The van der Waals surface area contributed by atoms with Crippen LogP contribution >= 0.6 is 0 Å². The number of ketones is 1. The van der Waals surface area contributed by atoms with Gasteiger partial charge in [0.05, 0.1) is 0 Å². The van der Waals surface area contributed by atoms with Gasteiger partial charge in [-0.15, -0.1) is 0 Å². The molecule has 0 aliphatic carbocycles. The fourth-order valence-electron chi connectivity index (χ4n) is 2.52. The van der Waals surface area contributed by atoms with Gasteiger partial charge in [0.2, 0.25) is 0 Å². The molecule has 0 bridgehead atoms. The summed E-state index contributed by atoms with van der Waals surface area (Å²) in [5.41, 5.74) is 3.21. The van der Waals surface area contributed by atoms with E-state index in [0.29, 0.717) is 11.3 Å². The molecular formula is C21H25NO3. The SMILES string of the molecule is CC(=O)c1cccc(NC(=O)COc2cc(C)ccc2C(C)(C)C)c1. The molecule has 0 heterocycles. The number of rotatable bonds is 5. The predicted molar refractivity (Wildman–Crippen MR) is 100 cm³/mol. The van der Waals surface area contributed by atoms with Gasteiger partial charge in [0.1, 0.15) is 5.75 Å². The van der Waals surface area contributed by atoms with Crippen LogP contribution in [0.2, 0.25) is 0 Å². The number of benzene rings is 2. The lowest BCUT2D eigenvalue weighted by atomic mass is 9.86. The lowest BCUT2D eigenvalue weighted by Gasteiger charge is -2.23. The van der Waals surface area contributed by atoms with Gasteiger partial charge in [-0.2, -0.15) is 0 Å². The molecule has 1 N–H and O–H groups in total. The maximum absolute atomic E-state index is 12.2. The Morgan fingerprint density at radius 2 is 1.80 bits per heavy atom. The summed E-state index contributed by atoms with van der Waals surface area (Å²) in [5.74, 6) is 0.420. The minimum atomic E-state index is -0.262. The van der Waals surface area contributed by atoms with Crippen molar-refractivity contribution in [3.8, 4) is 5.75 Å². The number of nitrogens with one attached hydrogen (secondary N) is 1. The first-order valence-corrected chi connectivity index (χ1v) is 8.31. The summed E-state index contributed by atoms with van der Waals surface area (Å²) < 4.78 is 5.78. The van der Waals surface area contributed by atoms with Crippen LogP contribution in [0, 0.1) is 6.92 Å². The van der Waals surface area contributed by atoms with Gasteiger partial charge in [0.25, 0.3) is 5.91 Å². The summed E-state index contributed by atoms with van der Waals surface area (Å²) in [7, 11) is 0. The molecule has 132 valence electrons. The van der Waals surface area contributed by atoms with Crippen molar-refractivity contribution >= 4 is 17.4 Å². The third kappa shape index (κ3) is 5.18. The Kier molecular flexibility index (Phi) is 5.62. The van der Waals surface area contributed by atoms with Crippen LogP contribution < -0.4 is 10.1 Å². The molecule has 0 atom stereocenters. The number of hydrogen-bond donors (Lipinski definition) is 1. The fraction of sp³-hybridized carbons (Fsp3) is 0.333. The van der Waals surface area contributed by atoms with E-state index in [9.17, 15) is 9.59 Å². The van der Waals surface area contributed by atoms with Crippen molar-refractivity contribution in [3.63, 3.8) is 0 Å². The lowest BCUT2D eigenvalue weighted by molar-refractivity contribution is -0.118. The molecule has 1 amide bonds. The Morgan fingerprint density at radius 3 is 2.44 bits per heavy atom. The zero-order valence-corrected chi connectivity index (χ0v) is 15.5. The van der Waals surface area contributed by atoms with Gasteiger partial charge in [0, 0.05) is 11.3 Å². The first kappa shape index (κ1) is 18.7. The highest BCUT2D eigenvalue weighted by Crippen LogP contribution is 2.32. The van der Waals surface area contributed by atoms with Crippen LogP contribution in [0.15, 0.2) is 42.5 Å². The van der Waals surface area contributed by atoms with Crippen LogP contribution in [-0.2, 0) is 10.2 Å². The number of amides is 1. The van der Waals surface area contributed by atoms with E-state index < -0.39 is 0 Å². The van der Waals surface area contributed by atoms with E-state index in [1.165, 1.54) is 6.92 Å². The molecule has 2 aromatic rings. The number of anilines is 1. The summed E-state index contributed by atoms with van der Waals surface area (Å²) in [6, 6.07) is 12.9. The van der Waals surface area contributed by atoms with Gasteiger partial charge in [-0.1, -0.05) is 45.0 Å². The Morgan fingerprint density at radius 1 is 1.08 bits per heavy atom. The van der Waals surface area contributed by atoms with Crippen LogP contribution in [0.4, 0.5) is 5.69 Å². The van der Waals surface area contributed by atoms with E-state index in [0.717, 1.165) is 16.9 Å². The molecule has 0 spiro atoms. The van der Waals surface area contributed by atoms with Gasteiger partial charge in [0.15, 0.2) is 12.4 Å². The van der Waals surface area contributed by atoms with Crippen molar-refractivity contribution in [2.45, 2.75) is 40.0 Å². The number of carbonyl (C=O) groups excluding carboxylic acids is 2. The zero-order chi connectivity index (χ0) is 18.6. The first-order chi connectivity index (χ1) is 11.7. The molecule has 2 aromatic carbocycles.